The van der Waals surface area contributed by atoms with Gasteiger partial charge in [0.1, 0.15) is 11.6 Å². The minimum absolute atomic E-state index is 0.0991. The van der Waals surface area contributed by atoms with E-state index in [1.807, 2.05) is 6.07 Å². The first-order valence-corrected chi connectivity index (χ1v) is 9.56. The van der Waals surface area contributed by atoms with E-state index in [1.165, 1.54) is 24.8 Å². The van der Waals surface area contributed by atoms with E-state index >= 15 is 0 Å². The van der Waals surface area contributed by atoms with Crippen molar-refractivity contribution >= 4 is 29.0 Å². The normalized spacial score (nSPS) is 13.6. The molecule has 1 aliphatic carbocycles. The molecule has 27 heavy (non-hydrogen) atoms. The van der Waals surface area contributed by atoms with E-state index in [9.17, 15) is 4.79 Å². The van der Waals surface area contributed by atoms with Crippen LogP contribution in [-0.2, 0) is 0 Å². The van der Waals surface area contributed by atoms with Gasteiger partial charge in [0.15, 0.2) is 0 Å². The lowest BCUT2D eigenvalue weighted by molar-refractivity contribution is 0.0953. The van der Waals surface area contributed by atoms with Crippen LogP contribution in [-0.4, -0.2) is 24.5 Å². The third-order valence-corrected chi connectivity index (χ3v) is 4.86. The van der Waals surface area contributed by atoms with Crippen molar-refractivity contribution in [1.29, 1.82) is 0 Å². The standard InChI is InChI=1S/C21H24ClN3O2/c1-27-19-9-8-17(13-18(19)22)25-20-10-7-16(14-24-20)21(26)23-12-11-15-5-3-2-4-6-15/h5,7-10,13-14H,2-4,6,11-12H2,1H3,(H,23,26)(H,24,25). The second-order valence-electron chi connectivity index (χ2n) is 6.52. The fourth-order valence-corrected chi connectivity index (χ4v) is 3.32. The van der Waals surface area contributed by atoms with Gasteiger partial charge in [-0.3, -0.25) is 4.79 Å². The minimum atomic E-state index is -0.0991. The van der Waals surface area contributed by atoms with Crippen LogP contribution in [0.25, 0.3) is 0 Å². The summed E-state index contributed by atoms with van der Waals surface area (Å²) in [6.45, 7) is 0.662. The van der Waals surface area contributed by atoms with Gasteiger partial charge in [-0.25, -0.2) is 4.98 Å². The first kappa shape index (κ1) is 19.2. The fraction of sp³-hybridized carbons (Fsp3) is 0.333. The summed E-state index contributed by atoms with van der Waals surface area (Å²) in [5.41, 5.74) is 2.80. The number of hydrogen-bond donors (Lipinski definition) is 2. The number of benzene rings is 1. The molecule has 2 N–H and O–H groups in total. The minimum Gasteiger partial charge on any atom is -0.495 e. The molecule has 0 radical (unpaired) electrons. The van der Waals surface area contributed by atoms with Crippen LogP contribution in [0.15, 0.2) is 48.2 Å². The van der Waals surface area contributed by atoms with Gasteiger partial charge in [0, 0.05) is 18.4 Å². The summed E-state index contributed by atoms with van der Waals surface area (Å²) in [5, 5.41) is 6.64. The summed E-state index contributed by atoms with van der Waals surface area (Å²) < 4.78 is 5.14. The van der Waals surface area contributed by atoms with Crippen LogP contribution in [0.4, 0.5) is 11.5 Å². The SMILES string of the molecule is COc1ccc(Nc2ccc(C(=O)NCCC3=CCCCC3)cn2)cc1Cl. The van der Waals surface area contributed by atoms with Gasteiger partial charge in [0.05, 0.1) is 17.7 Å². The number of amides is 1. The molecule has 0 saturated carbocycles. The van der Waals surface area contributed by atoms with E-state index in [0.717, 1.165) is 18.5 Å². The third-order valence-electron chi connectivity index (χ3n) is 4.57. The number of hydrogen-bond acceptors (Lipinski definition) is 4. The second kappa shape index (κ2) is 9.42. The van der Waals surface area contributed by atoms with Crippen molar-refractivity contribution in [3.8, 4) is 5.75 Å². The van der Waals surface area contributed by atoms with Crippen LogP contribution < -0.4 is 15.4 Å². The highest BCUT2D eigenvalue weighted by atomic mass is 35.5. The van der Waals surface area contributed by atoms with E-state index < -0.39 is 0 Å². The van der Waals surface area contributed by atoms with Crippen molar-refractivity contribution in [2.45, 2.75) is 32.1 Å². The van der Waals surface area contributed by atoms with Crippen LogP contribution in [0.5, 0.6) is 5.75 Å². The van der Waals surface area contributed by atoms with E-state index in [2.05, 4.69) is 21.7 Å². The zero-order valence-corrected chi connectivity index (χ0v) is 16.2. The summed E-state index contributed by atoms with van der Waals surface area (Å²) in [4.78, 5) is 16.6. The number of halogens is 1. The number of nitrogens with zero attached hydrogens (tertiary/aromatic N) is 1. The lowest BCUT2D eigenvalue weighted by Crippen LogP contribution is -2.25. The molecule has 6 heteroatoms. The van der Waals surface area contributed by atoms with Gasteiger partial charge in [-0.1, -0.05) is 23.3 Å². The average Bonchev–Trinajstić information content (AvgIpc) is 2.69. The average molecular weight is 386 g/mol. The lowest BCUT2D eigenvalue weighted by atomic mass is 9.97. The molecule has 0 atom stereocenters. The second-order valence-corrected chi connectivity index (χ2v) is 6.93. The summed E-state index contributed by atoms with van der Waals surface area (Å²) >= 11 is 6.12. The molecular formula is C21H24ClN3O2. The number of methoxy groups -OCH3 is 1. The molecule has 1 aromatic heterocycles. The van der Waals surface area contributed by atoms with Crippen LogP contribution >= 0.6 is 11.6 Å². The van der Waals surface area contributed by atoms with Crippen molar-refractivity contribution in [3.05, 3.63) is 58.8 Å². The first-order valence-electron chi connectivity index (χ1n) is 9.18. The molecule has 142 valence electrons. The summed E-state index contributed by atoms with van der Waals surface area (Å²) in [6, 6.07) is 8.94. The number of pyridine rings is 1. The molecule has 0 saturated heterocycles. The summed E-state index contributed by atoms with van der Waals surface area (Å²) in [7, 11) is 1.58. The Hall–Kier alpha value is -2.53. The molecule has 1 aromatic carbocycles. The van der Waals surface area contributed by atoms with Gasteiger partial charge < -0.3 is 15.4 Å². The zero-order valence-electron chi connectivity index (χ0n) is 15.4. The highest BCUT2D eigenvalue weighted by Gasteiger charge is 2.08. The number of anilines is 2. The van der Waals surface area contributed by atoms with Gasteiger partial charge in [-0.2, -0.15) is 0 Å². The molecule has 0 spiro atoms. The molecular weight excluding hydrogens is 362 g/mol. The van der Waals surface area contributed by atoms with E-state index in [0.29, 0.717) is 28.7 Å². The predicted molar refractivity (Wildman–Crippen MR) is 109 cm³/mol. The summed E-state index contributed by atoms with van der Waals surface area (Å²) in [5.74, 6) is 1.16. The molecule has 1 amide bonds. The van der Waals surface area contributed by atoms with Crippen molar-refractivity contribution in [2.75, 3.05) is 19.0 Å². The number of rotatable bonds is 7. The topological polar surface area (TPSA) is 63.2 Å². The highest BCUT2D eigenvalue weighted by molar-refractivity contribution is 6.32. The Bertz CT molecular complexity index is 819. The molecule has 0 aliphatic heterocycles. The third kappa shape index (κ3) is 5.47. The molecule has 5 nitrogen and oxygen atoms in total. The first-order chi connectivity index (χ1) is 13.2. The van der Waals surface area contributed by atoms with Crippen LogP contribution in [0, 0.1) is 0 Å². The number of carbonyl (C=O) groups is 1. The summed E-state index contributed by atoms with van der Waals surface area (Å²) in [6.07, 6.45) is 9.68. The Morgan fingerprint density at radius 3 is 2.81 bits per heavy atom. The van der Waals surface area contributed by atoms with E-state index in [-0.39, 0.29) is 5.91 Å². The Morgan fingerprint density at radius 1 is 1.26 bits per heavy atom. The number of aromatic nitrogens is 1. The Kier molecular flexibility index (Phi) is 6.71. The Morgan fingerprint density at radius 2 is 2.15 bits per heavy atom. The maximum Gasteiger partial charge on any atom is 0.252 e. The number of carbonyl (C=O) groups excluding carboxylic acids is 1. The monoisotopic (exact) mass is 385 g/mol. The quantitative estimate of drug-likeness (QED) is 0.650. The Labute approximate surface area is 164 Å². The van der Waals surface area contributed by atoms with Gasteiger partial charge >= 0.3 is 0 Å². The largest absolute Gasteiger partial charge is 0.495 e. The molecule has 0 fully saturated rings. The van der Waals surface area contributed by atoms with Crippen molar-refractivity contribution < 1.29 is 9.53 Å². The lowest BCUT2D eigenvalue weighted by Gasteiger charge is -2.13. The van der Waals surface area contributed by atoms with Crippen molar-refractivity contribution in [1.82, 2.24) is 10.3 Å². The zero-order chi connectivity index (χ0) is 19.1. The number of nitrogens with one attached hydrogen (secondary N) is 2. The number of allylic oxidation sites excluding steroid dienone is 1. The van der Waals surface area contributed by atoms with Gasteiger partial charge in [0.2, 0.25) is 0 Å². The highest BCUT2D eigenvalue weighted by Crippen LogP contribution is 2.28. The van der Waals surface area contributed by atoms with Crippen LogP contribution in [0.3, 0.4) is 0 Å². The van der Waals surface area contributed by atoms with Crippen LogP contribution in [0.2, 0.25) is 5.02 Å². The maximum atomic E-state index is 12.2. The molecule has 2 aromatic rings. The van der Waals surface area contributed by atoms with Gasteiger partial charge in [0.25, 0.3) is 5.91 Å². The molecule has 0 bridgehead atoms. The fourth-order valence-electron chi connectivity index (χ4n) is 3.06. The van der Waals surface area contributed by atoms with Crippen molar-refractivity contribution in [3.63, 3.8) is 0 Å². The number of ether oxygens (including phenoxy) is 1. The van der Waals surface area contributed by atoms with Gasteiger partial charge in [-0.05, 0) is 62.4 Å². The Balaban J connectivity index is 1.52. The van der Waals surface area contributed by atoms with Crippen LogP contribution in [0.1, 0.15) is 42.5 Å². The van der Waals surface area contributed by atoms with Gasteiger partial charge in [-0.15, -0.1) is 0 Å². The molecule has 1 heterocycles. The smallest absolute Gasteiger partial charge is 0.252 e. The molecule has 0 unspecified atom stereocenters. The molecule has 3 rings (SSSR count). The van der Waals surface area contributed by atoms with E-state index in [1.54, 1.807) is 37.6 Å². The molecule has 1 aliphatic rings. The predicted octanol–water partition coefficient (Wildman–Crippen LogP) is 5.11. The van der Waals surface area contributed by atoms with E-state index in [4.69, 9.17) is 16.3 Å². The van der Waals surface area contributed by atoms with Crippen molar-refractivity contribution in [2.24, 2.45) is 0 Å². The maximum absolute atomic E-state index is 12.2.